The van der Waals surface area contributed by atoms with Crippen molar-refractivity contribution < 1.29 is 14.3 Å². The van der Waals surface area contributed by atoms with Crippen molar-refractivity contribution in [2.75, 3.05) is 12.4 Å². The molecule has 1 N–H and O–H groups in total. The minimum atomic E-state index is -0.521. The highest BCUT2D eigenvalue weighted by Crippen LogP contribution is 2.38. The number of thiophene rings is 1. The molecular weight excluding hydrogens is 572 g/mol. The Morgan fingerprint density at radius 1 is 0.946 bits per heavy atom. The van der Waals surface area contributed by atoms with Gasteiger partial charge in [0.05, 0.1) is 23.9 Å². The van der Waals surface area contributed by atoms with Crippen molar-refractivity contribution in [3.05, 3.63) is 104 Å². The fourth-order valence-electron chi connectivity index (χ4n) is 4.25. The van der Waals surface area contributed by atoms with Crippen LogP contribution in [0.25, 0.3) is 33.3 Å². The molecule has 5 rings (SSSR count). The molecule has 5 nitrogen and oxygen atoms in total. The highest BCUT2D eigenvalue weighted by atomic mass is 79.9. The van der Waals surface area contributed by atoms with Crippen LogP contribution in [0.2, 0.25) is 5.02 Å². The number of esters is 1. The summed E-state index contributed by atoms with van der Waals surface area (Å²) in [5.41, 5.74) is 5.30. The highest BCUT2D eigenvalue weighted by Gasteiger charge is 2.25. The second kappa shape index (κ2) is 10.5. The van der Waals surface area contributed by atoms with Crippen molar-refractivity contribution in [3.63, 3.8) is 0 Å². The smallest absolute Gasteiger partial charge is 0.341 e. The summed E-state index contributed by atoms with van der Waals surface area (Å²) in [4.78, 5) is 31.5. The van der Waals surface area contributed by atoms with E-state index in [2.05, 4.69) is 21.2 Å². The number of nitrogens with zero attached hydrogens (tertiary/aromatic N) is 1. The number of methoxy groups -OCH3 is 1. The molecule has 0 bridgehead atoms. The Kier molecular flexibility index (Phi) is 7.11. The maximum Gasteiger partial charge on any atom is 0.341 e. The van der Waals surface area contributed by atoms with Crippen LogP contribution in [0.5, 0.6) is 0 Å². The molecule has 8 heteroatoms. The molecule has 0 spiro atoms. The van der Waals surface area contributed by atoms with Crippen molar-refractivity contribution in [2.24, 2.45) is 0 Å². The van der Waals surface area contributed by atoms with E-state index in [1.807, 2.05) is 73.0 Å². The zero-order valence-electron chi connectivity index (χ0n) is 19.8. The molecule has 0 aliphatic carbocycles. The van der Waals surface area contributed by atoms with Gasteiger partial charge in [0, 0.05) is 31.4 Å². The molecule has 2 aromatic heterocycles. The monoisotopic (exact) mass is 590 g/mol. The van der Waals surface area contributed by atoms with Gasteiger partial charge in [0.1, 0.15) is 10.6 Å². The Balaban J connectivity index is 1.62. The van der Waals surface area contributed by atoms with Gasteiger partial charge in [0.25, 0.3) is 5.91 Å². The van der Waals surface area contributed by atoms with E-state index in [1.54, 1.807) is 12.1 Å². The van der Waals surface area contributed by atoms with E-state index in [9.17, 15) is 9.59 Å². The van der Waals surface area contributed by atoms with Gasteiger partial charge in [-0.05, 0) is 48.4 Å². The number of halogens is 2. The van der Waals surface area contributed by atoms with Crippen LogP contribution in [0.3, 0.4) is 0 Å². The van der Waals surface area contributed by atoms with E-state index in [4.69, 9.17) is 21.3 Å². The first-order valence-corrected chi connectivity index (χ1v) is 13.3. The number of pyridine rings is 1. The number of para-hydroxylation sites is 1. The van der Waals surface area contributed by atoms with Crippen LogP contribution in [0, 0.1) is 6.92 Å². The molecular formula is C29H20BrClN2O3S. The zero-order chi connectivity index (χ0) is 26.1. The van der Waals surface area contributed by atoms with Crippen LogP contribution < -0.4 is 5.32 Å². The third kappa shape index (κ3) is 4.90. The molecule has 3 aromatic carbocycles. The third-order valence-corrected chi connectivity index (χ3v) is 7.72. The number of nitrogens with one attached hydrogen (secondary N) is 1. The lowest BCUT2D eigenvalue weighted by atomic mass is 9.97. The second-order valence-electron chi connectivity index (χ2n) is 8.29. The summed E-state index contributed by atoms with van der Waals surface area (Å²) in [5.74, 6) is -0.853. The normalized spacial score (nSPS) is 10.9. The Morgan fingerprint density at radius 2 is 1.62 bits per heavy atom. The summed E-state index contributed by atoms with van der Waals surface area (Å²) in [5, 5.41) is 6.60. The van der Waals surface area contributed by atoms with Crippen LogP contribution in [0.1, 0.15) is 26.3 Å². The standard InChI is InChI=1S/C29H20BrClN2O3S/c1-16-24(21-5-3-4-6-23(21)32-26(16)18-9-13-20(31)14-10-18)27(34)33-28-25(29(35)36-2)22(15-37-28)17-7-11-19(30)12-8-17/h3-15H,1-2H3,(H,33,34). The summed E-state index contributed by atoms with van der Waals surface area (Å²) in [6, 6.07) is 22.5. The molecule has 184 valence electrons. The lowest BCUT2D eigenvalue weighted by Gasteiger charge is -2.15. The number of rotatable bonds is 5. The zero-order valence-corrected chi connectivity index (χ0v) is 23.0. The van der Waals surface area contributed by atoms with E-state index in [0.717, 1.165) is 26.5 Å². The largest absolute Gasteiger partial charge is 0.465 e. The van der Waals surface area contributed by atoms with E-state index in [1.165, 1.54) is 18.4 Å². The van der Waals surface area contributed by atoms with Gasteiger partial charge in [-0.3, -0.25) is 4.79 Å². The number of carbonyl (C=O) groups excluding carboxylic acids is 2. The summed E-state index contributed by atoms with van der Waals surface area (Å²) in [6.07, 6.45) is 0. The Morgan fingerprint density at radius 3 is 2.32 bits per heavy atom. The molecule has 0 saturated heterocycles. The Labute approximate surface area is 231 Å². The molecule has 0 radical (unpaired) electrons. The number of amides is 1. The van der Waals surface area contributed by atoms with Gasteiger partial charge in [-0.1, -0.05) is 70.0 Å². The first-order valence-electron chi connectivity index (χ1n) is 11.3. The topological polar surface area (TPSA) is 68.3 Å². The minimum Gasteiger partial charge on any atom is -0.465 e. The molecule has 2 heterocycles. The number of hydrogen-bond acceptors (Lipinski definition) is 5. The molecule has 0 fully saturated rings. The van der Waals surface area contributed by atoms with Crippen LogP contribution in [-0.4, -0.2) is 24.0 Å². The molecule has 37 heavy (non-hydrogen) atoms. The van der Waals surface area contributed by atoms with E-state index in [-0.39, 0.29) is 5.91 Å². The van der Waals surface area contributed by atoms with Crippen molar-refractivity contribution in [3.8, 4) is 22.4 Å². The predicted octanol–water partition coefficient (Wildman–Crippen LogP) is 8.39. The van der Waals surface area contributed by atoms with E-state index in [0.29, 0.717) is 37.9 Å². The van der Waals surface area contributed by atoms with Crippen molar-refractivity contribution in [1.29, 1.82) is 0 Å². The number of ether oxygens (including phenoxy) is 1. The SMILES string of the molecule is COC(=O)c1c(-c2ccc(Br)cc2)csc1NC(=O)c1c(C)c(-c2ccc(Cl)cc2)nc2ccccc12. The average molecular weight is 592 g/mol. The lowest BCUT2D eigenvalue weighted by Crippen LogP contribution is -2.17. The van der Waals surface area contributed by atoms with E-state index >= 15 is 0 Å². The number of carbonyl (C=O) groups is 2. The predicted molar refractivity (Wildman–Crippen MR) is 154 cm³/mol. The first-order chi connectivity index (χ1) is 17.9. The fraction of sp³-hybridized carbons (Fsp3) is 0.0690. The van der Waals surface area contributed by atoms with Gasteiger partial charge in [0.15, 0.2) is 0 Å². The first kappa shape index (κ1) is 25.1. The van der Waals surface area contributed by atoms with Gasteiger partial charge in [-0.2, -0.15) is 0 Å². The number of aromatic nitrogens is 1. The highest BCUT2D eigenvalue weighted by molar-refractivity contribution is 9.10. The number of anilines is 1. The van der Waals surface area contributed by atoms with Crippen LogP contribution in [0.15, 0.2) is 82.6 Å². The van der Waals surface area contributed by atoms with E-state index < -0.39 is 5.97 Å². The average Bonchev–Trinajstić information content (AvgIpc) is 3.32. The second-order valence-corrected chi connectivity index (χ2v) is 10.5. The summed E-state index contributed by atoms with van der Waals surface area (Å²) < 4.78 is 6.00. The number of benzene rings is 3. The fourth-order valence-corrected chi connectivity index (χ4v) is 5.59. The van der Waals surface area contributed by atoms with Crippen molar-refractivity contribution in [2.45, 2.75) is 6.92 Å². The maximum absolute atomic E-state index is 13.8. The molecule has 1 amide bonds. The van der Waals surface area contributed by atoms with Gasteiger partial charge >= 0.3 is 5.97 Å². The summed E-state index contributed by atoms with van der Waals surface area (Å²) >= 11 is 10.8. The quantitative estimate of drug-likeness (QED) is 0.208. The molecule has 5 aromatic rings. The van der Waals surface area contributed by atoms with Gasteiger partial charge in [0.2, 0.25) is 0 Å². The summed E-state index contributed by atoms with van der Waals surface area (Å²) in [7, 11) is 1.33. The van der Waals surface area contributed by atoms with Crippen molar-refractivity contribution in [1.82, 2.24) is 4.98 Å². The maximum atomic E-state index is 13.8. The third-order valence-electron chi connectivity index (χ3n) is 6.04. The van der Waals surface area contributed by atoms with Crippen LogP contribution in [-0.2, 0) is 4.74 Å². The van der Waals surface area contributed by atoms with Crippen molar-refractivity contribution >= 4 is 66.6 Å². The lowest BCUT2D eigenvalue weighted by molar-refractivity contribution is 0.0603. The van der Waals surface area contributed by atoms with Crippen LogP contribution >= 0.6 is 38.9 Å². The van der Waals surface area contributed by atoms with Gasteiger partial charge in [-0.25, -0.2) is 9.78 Å². The number of hydrogen-bond donors (Lipinski definition) is 1. The molecule has 0 aliphatic rings. The molecule has 0 saturated carbocycles. The molecule has 0 unspecified atom stereocenters. The molecule has 0 aliphatic heterocycles. The van der Waals surface area contributed by atoms with Gasteiger partial charge in [-0.15, -0.1) is 11.3 Å². The number of fused-ring (bicyclic) bond motifs is 1. The Hall–Kier alpha value is -3.52. The van der Waals surface area contributed by atoms with Gasteiger partial charge < -0.3 is 10.1 Å². The minimum absolute atomic E-state index is 0.317. The molecule has 0 atom stereocenters. The summed E-state index contributed by atoms with van der Waals surface area (Å²) in [6.45, 7) is 1.88. The Bertz CT molecular complexity index is 1650. The van der Waals surface area contributed by atoms with Crippen LogP contribution in [0.4, 0.5) is 5.00 Å².